The molecule has 2 aliphatic heterocycles. The van der Waals surface area contributed by atoms with Crippen LogP contribution in [0.2, 0.25) is 0 Å². The number of rotatable bonds is 4. The number of alkyl halides is 9. The first kappa shape index (κ1) is 39.5. The lowest BCUT2D eigenvalue weighted by Crippen LogP contribution is -2.47. The van der Waals surface area contributed by atoms with Crippen LogP contribution in [-0.4, -0.2) is 97.1 Å². The molecule has 2 fully saturated rings. The van der Waals surface area contributed by atoms with Gasteiger partial charge < -0.3 is 20.2 Å². The summed E-state index contributed by atoms with van der Waals surface area (Å²) in [6.07, 6.45) is -4.83. The van der Waals surface area contributed by atoms with E-state index in [1.165, 1.54) is 5.56 Å². The van der Waals surface area contributed by atoms with Gasteiger partial charge in [-0.25, -0.2) is 14.4 Å². The van der Waals surface area contributed by atoms with Crippen molar-refractivity contribution >= 4 is 23.8 Å². The summed E-state index contributed by atoms with van der Waals surface area (Å²) in [6, 6.07) is 8.06. The van der Waals surface area contributed by atoms with Gasteiger partial charge in [-0.15, -0.1) is 0 Å². The Balaban J connectivity index is 0.000000413. The van der Waals surface area contributed by atoms with Crippen LogP contribution in [0.15, 0.2) is 49.1 Å². The monoisotopic (exact) mass is 678 g/mol. The second-order valence-electron chi connectivity index (χ2n) is 9.70. The SMILES string of the molecule is O=C(O)C(F)(F)F.O=C(O)C(F)(F)F.O=C(O)C(F)(F)F.O=C1N(Cc2cccnc2)CCC12CCCN(Cc1cccnc1)C2. The summed E-state index contributed by atoms with van der Waals surface area (Å²) in [7, 11) is 0. The number of piperidine rings is 1. The summed E-state index contributed by atoms with van der Waals surface area (Å²) in [5.74, 6) is -7.94. The second-order valence-corrected chi connectivity index (χ2v) is 9.70. The Labute approximate surface area is 254 Å². The van der Waals surface area contributed by atoms with E-state index in [0.717, 1.165) is 51.0 Å². The van der Waals surface area contributed by atoms with Gasteiger partial charge in [-0.3, -0.25) is 19.7 Å². The predicted molar refractivity (Wildman–Crippen MR) is 137 cm³/mol. The van der Waals surface area contributed by atoms with Crippen LogP contribution in [0.5, 0.6) is 0 Å². The molecule has 1 amide bonds. The summed E-state index contributed by atoms with van der Waals surface area (Å²) in [4.78, 5) is 52.6. The van der Waals surface area contributed by atoms with E-state index in [9.17, 15) is 44.3 Å². The molecule has 46 heavy (non-hydrogen) atoms. The van der Waals surface area contributed by atoms with Crippen molar-refractivity contribution in [1.29, 1.82) is 0 Å². The molecule has 2 aromatic rings. The van der Waals surface area contributed by atoms with E-state index in [1.54, 1.807) is 12.4 Å². The van der Waals surface area contributed by atoms with Gasteiger partial charge in [0.25, 0.3) is 0 Å². The number of nitrogens with zero attached hydrogens (tertiary/aromatic N) is 4. The number of carboxylic acids is 3. The number of carboxylic acid groups (broad SMARTS) is 3. The lowest BCUT2D eigenvalue weighted by molar-refractivity contribution is -0.193. The molecule has 1 atom stereocenters. The number of aromatic nitrogens is 2. The van der Waals surface area contributed by atoms with Crippen LogP contribution in [0.25, 0.3) is 0 Å². The first-order chi connectivity index (χ1) is 21.1. The summed E-state index contributed by atoms with van der Waals surface area (Å²) >= 11 is 0. The highest BCUT2D eigenvalue weighted by molar-refractivity contribution is 5.85. The van der Waals surface area contributed by atoms with Gasteiger partial charge in [0.2, 0.25) is 5.91 Å². The fourth-order valence-corrected chi connectivity index (χ4v) is 4.25. The van der Waals surface area contributed by atoms with Crippen LogP contribution in [0.4, 0.5) is 39.5 Å². The Morgan fingerprint density at radius 1 is 0.717 bits per heavy atom. The van der Waals surface area contributed by atoms with Crippen LogP contribution < -0.4 is 0 Å². The largest absolute Gasteiger partial charge is 0.490 e. The molecule has 4 rings (SSSR count). The van der Waals surface area contributed by atoms with Crippen molar-refractivity contribution in [2.75, 3.05) is 19.6 Å². The summed E-state index contributed by atoms with van der Waals surface area (Å²) in [5, 5.41) is 21.4. The number of carbonyl (C=O) groups excluding carboxylic acids is 1. The molecule has 1 unspecified atom stereocenters. The van der Waals surface area contributed by atoms with E-state index in [0.29, 0.717) is 12.5 Å². The Morgan fingerprint density at radius 3 is 1.50 bits per heavy atom. The molecular formula is C26H27F9N4O7. The first-order valence-corrected chi connectivity index (χ1v) is 12.8. The molecule has 20 heteroatoms. The molecular weight excluding hydrogens is 651 g/mol. The highest BCUT2D eigenvalue weighted by atomic mass is 19.4. The van der Waals surface area contributed by atoms with Gasteiger partial charge in [0.1, 0.15) is 0 Å². The van der Waals surface area contributed by atoms with Crippen LogP contribution in [0.3, 0.4) is 0 Å². The molecule has 256 valence electrons. The molecule has 1 spiro atoms. The van der Waals surface area contributed by atoms with E-state index >= 15 is 0 Å². The van der Waals surface area contributed by atoms with E-state index in [4.69, 9.17) is 29.7 Å². The van der Waals surface area contributed by atoms with Crippen molar-refractivity contribution in [3.05, 3.63) is 60.2 Å². The minimum Gasteiger partial charge on any atom is -0.475 e. The Morgan fingerprint density at radius 2 is 1.13 bits per heavy atom. The number of amides is 1. The molecule has 11 nitrogen and oxygen atoms in total. The zero-order valence-corrected chi connectivity index (χ0v) is 23.4. The van der Waals surface area contributed by atoms with E-state index in [1.807, 2.05) is 35.5 Å². The second kappa shape index (κ2) is 16.7. The highest BCUT2D eigenvalue weighted by Crippen LogP contribution is 2.41. The molecule has 4 heterocycles. The Hall–Kier alpha value is -4.49. The molecule has 0 bridgehead atoms. The molecule has 2 saturated heterocycles. The zero-order valence-electron chi connectivity index (χ0n) is 23.4. The van der Waals surface area contributed by atoms with Gasteiger partial charge in [-0.1, -0.05) is 12.1 Å². The van der Waals surface area contributed by atoms with Crippen molar-refractivity contribution in [3.8, 4) is 0 Å². The van der Waals surface area contributed by atoms with Gasteiger partial charge >= 0.3 is 36.4 Å². The van der Waals surface area contributed by atoms with Crippen molar-refractivity contribution in [3.63, 3.8) is 0 Å². The third kappa shape index (κ3) is 13.7. The minimum atomic E-state index is -5.08. The smallest absolute Gasteiger partial charge is 0.475 e. The molecule has 2 aromatic heterocycles. The topological polar surface area (TPSA) is 161 Å². The average molecular weight is 679 g/mol. The predicted octanol–water partition coefficient (Wildman–Crippen LogP) is 4.39. The molecule has 0 aliphatic carbocycles. The number of carbonyl (C=O) groups is 4. The maximum atomic E-state index is 13.2. The average Bonchev–Trinajstić information content (AvgIpc) is 3.23. The zero-order chi connectivity index (χ0) is 35.3. The van der Waals surface area contributed by atoms with Crippen molar-refractivity contribution in [2.24, 2.45) is 5.41 Å². The number of hydrogen-bond donors (Lipinski definition) is 3. The summed E-state index contributed by atoms with van der Waals surface area (Å²) in [6.45, 7) is 4.34. The quantitative estimate of drug-likeness (QED) is 0.396. The maximum Gasteiger partial charge on any atom is 0.490 e. The number of halogens is 9. The van der Waals surface area contributed by atoms with Crippen LogP contribution in [0.1, 0.15) is 30.4 Å². The number of aliphatic carboxylic acids is 3. The third-order valence-electron chi connectivity index (χ3n) is 6.21. The van der Waals surface area contributed by atoms with E-state index in [2.05, 4.69) is 20.9 Å². The molecule has 2 aliphatic rings. The van der Waals surface area contributed by atoms with Gasteiger partial charge in [0.15, 0.2) is 0 Å². The van der Waals surface area contributed by atoms with Crippen molar-refractivity contribution in [1.82, 2.24) is 19.8 Å². The summed E-state index contributed by atoms with van der Waals surface area (Å²) < 4.78 is 95.2. The van der Waals surface area contributed by atoms with Crippen LogP contribution in [0, 0.1) is 5.41 Å². The summed E-state index contributed by atoms with van der Waals surface area (Å²) in [5.41, 5.74) is 2.14. The lowest BCUT2D eigenvalue weighted by atomic mass is 9.78. The lowest BCUT2D eigenvalue weighted by Gasteiger charge is -2.39. The van der Waals surface area contributed by atoms with Gasteiger partial charge in [0.05, 0.1) is 5.41 Å². The first-order valence-electron chi connectivity index (χ1n) is 12.8. The number of hydrogen-bond acceptors (Lipinski definition) is 7. The Kier molecular flexibility index (Phi) is 14.4. The van der Waals surface area contributed by atoms with Crippen LogP contribution >= 0.6 is 0 Å². The fraction of sp³-hybridized carbons (Fsp3) is 0.462. The third-order valence-corrected chi connectivity index (χ3v) is 6.21. The molecule has 0 saturated carbocycles. The molecule has 0 radical (unpaired) electrons. The van der Waals surface area contributed by atoms with Crippen LogP contribution in [-0.2, 0) is 32.3 Å². The highest BCUT2D eigenvalue weighted by Gasteiger charge is 2.48. The minimum absolute atomic E-state index is 0.192. The fourth-order valence-electron chi connectivity index (χ4n) is 4.25. The normalized spacial score (nSPS) is 18.3. The van der Waals surface area contributed by atoms with Crippen molar-refractivity contribution in [2.45, 2.75) is 50.9 Å². The number of likely N-dealkylation sites (tertiary alicyclic amines) is 2. The van der Waals surface area contributed by atoms with Gasteiger partial charge in [0, 0.05) is 51.0 Å². The van der Waals surface area contributed by atoms with E-state index in [-0.39, 0.29) is 5.41 Å². The van der Waals surface area contributed by atoms with Gasteiger partial charge in [-0.05, 0) is 49.1 Å². The molecule has 3 N–H and O–H groups in total. The standard InChI is InChI=1S/C20H24N4O.3C2HF3O2/c25-19-20(7-11-24(19)15-18-5-2-9-22-13-18)6-3-10-23(16-20)14-17-4-1-8-21-12-17;3*3-2(4,5)1(6)7/h1-2,4-5,8-9,12-13H,3,6-7,10-11,14-16H2;3*(H,6,7). The van der Waals surface area contributed by atoms with E-state index < -0.39 is 36.4 Å². The van der Waals surface area contributed by atoms with Gasteiger partial charge in [-0.2, -0.15) is 39.5 Å². The number of pyridine rings is 2. The Bertz CT molecular complexity index is 1240. The maximum absolute atomic E-state index is 13.2. The molecule has 0 aromatic carbocycles. The van der Waals surface area contributed by atoms with Crippen molar-refractivity contribution < 1.29 is 74.0 Å².